The van der Waals surface area contributed by atoms with Crippen LogP contribution in [0.4, 0.5) is 0 Å². The van der Waals surface area contributed by atoms with Crippen LogP contribution in [0.3, 0.4) is 0 Å². The summed E-state index contributed by atoms with van der Waals surface area (Å²) in [6.07, 6.45) is 8.39. The van der Waals surface area contributed by atoms with Gasteiger partial charge in [0.1, 0.15) is 5.82 Å². The SMILES string of the molecule is Cn1cc(-c2nnc3n2CCC(NC(=O)CSc2cn(C)c4ccccc24)CC3)cn1. The van der Waals surface area contributed by atoms with Crippen LogP contribution in [0.5, 0.6) is 0 Å². The van der Waals surface area contributed by atoms with Crippen molar-refractivity contribution in [3.05, 3.63) is 48.7 Å². The molecule has 4 heterocycles. The average molecular weight is 436 g/mol. The van der Waals surface area contributed by atoms with E-state index >= 15 is 0 Å². The Morgan fingerprint density at radius 2 is 2.06 bits per heavy atom. The number of para-hydroxylation sites is 1. The van der Waals surface area contributed by atoms with Crippen LogP contribution < -0.4 is 5.32 Å². The van der Waals surface area contributed by atoms with Crippen molar-refractivity contribution in [2.24, 2.45) is 14.1 Å². The van der Waals surface area contributed by atoms with Crippen molar-refractivity contribution in [3.63, 3.8) is 0 Å². The molecule has 0 fully saturated rings. The summed E-state index contributed by atoms with van der Waals surface area (Å²) in [5, 5.41) is 17.4. The largest absolute Gasteiger partial charge is 0.353 e. The number of carbonyl (C=O) groups is 1. The van der Waals surface area contributed by atoms with Gasteiger partial charge in [-0.15, -0.1) is 22.0 Å². The molecule has 0 bridgehead atoms. The Hall–Kier alpha value is -3.07. The molecule has 0 spiro atoms. The first kappa shape index (κ1) is 19.9. The van der Waals surface area contributed by atoms with Crippen LogP contribution in [-0.2, 0) is 31.9 Å². The Morgan fingerprint density at radius 3 is 2.90 bits per heavy atom. The monoisotopic (exact) mass is 435 g/mol. The molecule has 9 heteroatoms. The number of carbonyl (C=O) groups excluding carboxylic acids is 1. The average Bonchev–Trinajstić information content (AvgIpc) is 3.42. The van der Waals surface area contributed by atoms with Gasteiger partial charge in [0, 0.05) is 61.3 Å². The highest BCUT2D eigenvalue weighted by Gasteiger charge is 2.22. The molecular weight excluding hydrogens is 410 g/mol. The minimum absolute atomic E-state index is 0.0769. The van der Waals surface area contributed by atoms with E-state index in [-0.39, 0.29) is 11.9 Å². The first-order valence-corrected chi connectivity index (χ1v) is 11.4. The molecule has 1 aliphatic heterocycles. The van der Waals surface area contributed by atoms with Crippen molar-refractivity contribution in [1.29, 1.82) is 0 Å². The Balaban J connectivity index is 1.20. The van der Waals surface area contributed by atoms with Gasteiger partial charge in [0.25, 0.3) is 0 Å². The highest BCUT2D eigenvalue weighted by atomic mass is 32.2. The number of nitrogens with zero attached hydrogens (tertiary/aromatic N) is 6. The highest BCUT2D eigenvalue weighted by molar-refractivity contribution is 8.00. The maximum atomic E-state index is 12.7. The summed E-state index contributed by atoms with van der Waals surface area (Å²) in [5.41, 5.74) is 2.15. The van der Waals surface area contributed by atoms with E-state index in [1.54, 1.807) is 16.4 Å². The smallest absolute Gasteiger partial charge is 0.230 e. The Kier molecular flexibility index (Phi) is 5.27. The molecule has 5 rings (SSSR count). The van der Waals surface area contributed by atoms with Gasteiger partial charge in [-0.2, -0.15) is 5.10 Å². The normalized spacial score (nSPS) is 16.3. The van der Waals surface area contributed by atoms with E-state index in [1.807, 2.05) is 38.6 Å². The molecule has 1 amide bonds. The van der Waals surface area contributed by atoms with E-state index in [0.717, 1.165) is 47.9 Å². The quantitative estimate of drug-likeness (QED) is 0.488. The van der Waals surface area contributed by atoms with Gasteiger partial charge in [-0.05, 0) is 18.9 Å². The number of hydrogen-bond donors (Lipinski definition) is 1. The second-order valence-electron chi connectivity index (χ2n) is 8.00. The fourth-order valence-electron chi connectivity index (χ4n) is 4.21. The lowest BCUT2D eigenvalue weighted by atomic mass is 10.1. The van der Waals surface area contributed by atoms with Crippen molar-refractivity contribution in [2.75, 3.05) is 5.75 Å². The zero-order valence-electron chi connectivity index (χ0n) is 17.7. The Morgan fingerprint density at radius 1 is 1.19 bits per heavy atom. The van der Waals surface area contributed by atoms with Gasteiger partial charge >= 0.3 is 0 Å². The summed E-state index contributed by atoms with van der Waals surface area (Å²) in [7, 11) is 3.93. The summed E-state index contributed by atoms with van der Waals surface area (Å²) < 4.78 is 6.04. The summed E-state index contributed by atoms with van der Waals surface area (Å²) in [6, 6.07) is 8.43. The minimum atomic E-state index is 0.0769. The van der Waals surface area contributed by atoms with E-state index in [9.17, 15) is 4.79 Å². The van der Waals surface area contributed by atoms with E-state index in [4.69, 9.17) is 0 Å². The second-order valence-corrected chi connectivity index (χ2v) is 9.01. The number of aromatic nitrogens is 6. The molecule has 1 atom stereocenters. The number of nitrogens with one attached hydrogen (secondary N) is 1. The maximum absolute atomic E-state index is 12.7. The number of thioether (sulfide) groups is 1. The molecule has 1 aliphatic rings. The molecule has 1 unspecified atom stereocenters. The lowest BCUT2D eigenvalue weighted by molar-refractivity contribution is -0.119. The van der Waals surface area contributed by atoms with Gasteiger partial charge in [-0.3, -0.25) is 9.48 Å². The van der Waals surface area contributed by atoms with Gasteiger partial charge in [0.2, 0.25) is 5.91 Å². The van der Waals surface area contributed by atoms with Crippen molar-refractivity contribution < 1.29 is 4.79 Å². The molecule has 0 saturated heterocycles. The molecule has 0 saturated carbocycles. The standard InChI is InChI=1S/C22H25N7OS/c1-27-13-19(17-5-3-4-6-18(17)27)31-14-21(30)24-16-7-8-20-25-26-22(29(20)10-9-16)15-11-23-28(2)12-15/h3-6,11-13,16H,7-10,14H2,1-2H3,(H,24,30). The van der Waals surface area contributed by atoms with Crippen molar-refractivity contribution in [3.8, 4) is 11.4 Å². The van der Waals surface area contributed by atoms with Crippen LogP contribution in [0.15, 0.2) is 47.8 Å². The lowest BCUT2D eigenvalue weighted by Crippen LogP contribution is -2.36. The molecule has 3 aromatic heterocycles. The molecule has 0 aliphatic carbocycles. The summed E-state index contributed by atoms with van der Waals surface area (Å²) >= 11 is 1.59. The third kappa shape index (κ3) is 3.97. The Bertz CT molecular complexity index is 1240. The fraction of sp³-hybridized carbons (Fsp3) is 0.364. The minimum Gasteiger partial charge on any atom is -0.353 e. The predicted octanol–water partition coefficient (Wildman–Crippen LogP) is 2.78. The molecule has 160 valence electrons. The van der Waals surface area contributed by atoms with E-state index in [0.29, 0.717) is 5.75 Å². The summed E-state index contributed by atoms with van der Waals surface area (Å²) in [6.45, 7) is 0.786. The molecule has 0 radical (unpaired) electrons. The van der Waals surface area contributed by atoms with Crippen LogP contribution >= 0.6 is 11.8 Å². The Labute approximate surface area is 184 Å². The number of hydrogen-bond acceptors (Lipinski definition) is 5. The van der Waals surface area contributed by atoms with Crippen LogP contribution in [-0.4, -0.2) is 46.8 Å². The number of fused-ring (bicyclic) bond motifs is 2. The zero-order valence-corrected chi connectivity index (χ0v) is 18.5. The first-order valence-electron chi connectivity index (χ1n) is 10.5. The third-order valence-corrected chi connectivity index (χ3v) is 6.84. The van der Waals surface area contributed by atoms with Crippen molar-refractivity contribution >= 4 is 28.6 Å². The summed E-state index contributed by atoms with van der Waals surface area (Å²) in [5.74, 6) is 2.31. The summed E-state index contributed by atoms with van der Waals surface area (Å²) in [4.78, 5) is 13.8. The van der Waals surface area contributed by atoms with Crippen LogP contribution in [0.25, 0.3) is 22.3 Å². The fourth-order valence-corrected chi connectivity index (χ4v) is 5.15. The molecule has 4 aromatic rings. The van der Waals surface area contributed by atoms with Gasteiger partial charge < -0.3 is 14.5 Å². The van der Waals surface area contributed by atoms with Gasteiger partial charge in [-0.25, -0.2) is 0 Å². The van der Waals surface area contributed by atoms with Crippen LogP contribution in [0, 0.1) is 0 Å². The number of aryl methyl sites for hydroxylation is 3. The van der Waals surface area contributed by atoms with Gasteiger partial charge in [0.05, 0.1) is 17.5 Å². The molecular formula is C22H25N7OS. The van der Waals surface area contributed by atoms with E-state index < -0.39 is 0 Å². The lowest BCUT2D eigenvalue weighted by Gasteiger charge is -2.16. The van der Waals surface area contributed by atoms with Crippen LogP contribution in [0.1, 0.15) is 18.7 Å². The van der Waals surface area contributed by atoms with E-state index in [1.165, 1.54) is 10.9 Å². The zero-order chi connectivity index (χ0) is 21.4. The molecule has 1 aromatic carbocycles. The van der Waals surface area contributed by atoms with Crippen molar-refractivity contribution in [2.45, 2.75) is 36.7 Å². The van der Waals surface area contributed by atoms with Crippen molar-refractivity contribution in [1.82, 2.24) is 34.4 Å². The number of rotatable bonds is 5. The van der Waals surface area contributed by atoms with Gasteiger partial charge in [0.15, 0.2) is 5.82 Å². The highest BCUT2D eigenvalue weighted by Crippen LogP contribution is 2.29. The first-order chi connectivity index (χ1) is 15.1. The number of benzene rings is 1. The molecule has 8 nitrogen and oxygen atoms in total. The molecule has 31 heavy (non-hydrogen) atoms. The topological polar surface area (TPSA) is 82.6 Å². The second kappa shape index (κ2) is 8.22. The number of amides is 1. The third-order valence-electron chi connectivity index (χ3n) is 5.79. The predicted molar refractivity (Wildman–Crippen MR) is 121 cm³/mol. The van der Waals surface area contributed by atoms with Gasteiger partial charge in [-0.1, -0.05) is 18.2 Å². The van der Waals surface area contributed by atoms with E-state index in [2.05, 4.69) is 48.1 Å². The molecule has 1 N–H and O–H groups in total. The van der Waals surface area contributed by atoms with Crippen LogP contribution in [0.2, 0.25) is 0 Å². The maximum Gasteiger partial charge on any atom is 0.230 e.